The van der Waals surface area contributed by atoms with Crippen LogP contribution in [-0.2, 0) is 11.2 Å². The highest BCUT2D eigenvalue weighted by Gasteiger charge is 2.47. The number of nitrogens with zero attached hydrogens (tertiary/aromatic N) is 1. The number of nitrogens with one attached hydrogen (secondary N) is 1. The third-order valence-electron chi connectivity index (χ3n) is 4.56. The Bertz CT molecular complexity index is 773. The first-order valence-corrected chi connectivity index (χ1v) is 8.54. The Hall–Kier alpha value is -2.08. The van der Waals surface area contributed by atoms with E-state index in [-0.39, 0.29) is 24.4 Å². The highest BCUT2D eigenvalue weighted by Crippen LogP contribution is 2.39. The molecule has 1 atom stereocenters. The monoisotopic (exact) mass is 350 g/mol. The van der Waals surface area contributed by atoms with Crippen molar-refractivity contribution in [3.05, 3.63) is 47.5 Å². The fraction of sp³-hybridized carbons (Fsp3) is 0.421. The van der Waals surface area contributed by atoms with Gasteiger partial charge in [-0.2, -0.15) is 13.2 Å². The van der Waals surface area contributed by atoms with Gasteiger partial charge in [0.2, 0.25) is 5.91 Å². The minimum Gasteiger partial charge on any atom is -0.288 e. The number of hydrazine groups is 1. The molecule has 2 aromatic carbocycles. The van der Waals surface area contributed by atoms with Gasteiger partial charge in [0.05, 0.1) is 0 Å². The smallest absolute Gasteiger partial charge is 0.288 e. The van der Waals surface area contributed by atoms with Gasteiger partial charge in [-0.15, -0.1) is 0 Å². The number of hydrogen-bond acceptors (Lipinski definition) is 2. The van der Waals surface area contributed by atoms with Gasteiger partial charge in [0.1, 0.15) is 6.04 Å². The van der Waals surface area contributed by atoms with Crippen LogP contribution in [0, 0.1) is 0 Å². The van der Waals surface area contributed by atoms with E-state index in [1.165, 1.54) is 0 Å². The summed E-state index contributed by atoms with van der Waals surface area (Å²) in [6.07, 6.45) is -1.75. The van der Waals surface area contributed by atoms with Crippen molar-refractivity contribution in [2.75, 3.05) is 6.54 Å². The highest BCUT2D eigenvalue weighted by atomic mass is 19.4. The molecule has 1 heterocycles. The van der Waals surface area contributed by atoms with E-state index < -0.39 is 12.2 Å². The number of carbonyl (C=O) groups is 1. The number of rotatable bonds is 5. The molecule has 2 aromatic rings. The molecular formula is C19H21F3N2O. The largest absolute Gasteiger partial charge is 0.409 e. The molecule has 134 valence electrons. The van der Waals surface area contributed by atoms with E-state index >= 15 is 0 Å². The van der Waals surface area contributed by atoms with E-state index in [4.69, 9.17) is 0 Å². The Labute approximate surface area is 144 Å². The standard InChI is InChI=1S/C19H21F3N2O/c1-2-3-6-13-11-15(12-14-7-4-5-8-16(13)14)18(19(20,21)22)24-10-9-17(25)23-24/h4-5,7-8,11-12,18H,2-3,6,9-10H2,1H3,(H,23,25)/t18-/m0/s1. The summed E-state index contributed by atoms with van der Waals surface area (Å²) in [6, 6.07) is 8.93. The molecule has 3 nitrogen and oxygen atoms in total. The third-order valence-corrected chi connectivity index (χ3v) is 4.56. The average Bonchev–Trinajstić information content (AvgIpc) is 2.97. The van der Waals surface area contributed by atoms with Gasteiger partial charge < -0.3 is 0 Å². The van der Waals surface area contributed by atoms with E-state index in [0.717, 1.165) is 40.6 Å². The molecular weight excluding hydrogens is 329 g/mol. The second-order valence-corrected chi connectivity index (χ2v) is 6.43. The normalized spacial score (nSPS) is 17.0. The molecule has 0 bridgehead atoms. The van der Waals surface area contributed by atoms with Crippen LogP contribution >= 0.6 is 0 Å². The van der Waals surface area contributed by atoms with Crippen LogP contribution in [0.2, 0.25) is 0 Å². The number of alkyl halides is 3. The van der Waals surface area contributed by atoms with E-state index in [0.29, 0.717) is 0 Å². The number of hydrogen-bond donors (Lipinski definition) is 1. The summed E-state index contributed by atoms with van der Waals surface area (Å²) in [6.45, 7) is 2.12. The minimum atomic E-state index is -4.47. The molecule has 0 radical (unpaired) electrons. The second kappa shape index (κ2) is 7.04. The average molecular weight is 350 g/mol. The maximum Gasteiger partial charge on any atom is 0.409 e. The number of amides is 1. The lowest BCUT2D eigenvalue weighted by molar-refractivity contribution is -0.191. The predicted octanol–water partition coefficient (Wildman–Crippen LogP) is 4.52. The molecule has 6 heteroatoms. The van der Waals surface area contributed by atoms with Crippen LogP contribution < -0.4 is 5.43 Å². The summed E-state index contributed by atoms with van der Waals surface area (Å²) in [4.78, 5) is 11.4. The van der Waals surface area contributed by atoms with Gasteiger partial charge in [0, 0.05) is 13.0 Å². The Kier molecular flexibility index (Phi) is 4.99. The number of fused-ring (bicyclic) bond motifs is 1. The zero-order valence-electron chi connectivity index (χ0n) is 14.1. The molecule has 25 heavy (non-hydrogen) atoms. The van der Waals surface area contributed by atoms with E-state index in [1.807, 2.05) is 24.3 Å². The summed E-state index contributed by atoms with van der Waals surface area (Å²) < 4.78 is 41.3. The molecule has 1 aliphatic rings. The lowest BCUT2D eigenvalue weighted by Crippen LogP contribution is -2.43. The first-order valence-electron chi connectivity index (χ1n) is 8.54. The Morgan fingerprint density at radius 3 is 2.64 bits per heavy atom. The van der Waals surface area contributed by atoms with Gasteiger partial charge in [-0.05, 0) is 40.8 Å². The quantitative estimate of drug-likeness (QED) is 0.860. The van der Waals surface area contributed by atoms with E-state index in [9.17, 15) is 18.0 Å². The van der Waals surface area contributed by atoms with Gasteiger partial charge in [-0.3, -0.25) is 10.2 Å². The molecule has 0 aliphatic carbocycles. The summed E-state index contributed by atoms with van der Waals surface area (Å²) >= 11 is 0. The maximum absolute atomic E-state index is 13.8. The van der Waals surface area contributed by atoms with Crippen molar-refractivity contribution in [3.8, 4) is 0 Å². The van der Waals surface area contributed by atoms with Crippen LogP contribution in [0.4, 0.5) is 13.2 Å². The Morgan fingerprint density at radius 1 is 1.24 bits per heavy atom. The molecule has 0 unspecified atom stereocenters. The first kappa shape index (κ1) is 17.7. The Morgan fingerprint density at radius 2 is 2.00 bits per heavy atom. The van der Waals surface area contributed by atoms with Gasteiger partial charge >= 0.3 is 6.18 Å². The molecule has 1 fully saturated rings. The van der Waals surface area contributed by atoms with E-state index in [1.54, 1.807) is 12.1 Å². The molecule has 0 saturated carbocycles. The molecule has 1 amide bonds. The molecule has 1 aliphatic heterocycles. The number of aryl methyl sites for hydroxylation is 1. The van der Waals surface area contributed by atoms with Gasteiger partial charge in [-0.1, -0.05) is 43.7 Å². The first-order chi connectivity index (χ1) is 11.9. The van der Waals surface area contributed by atoms with Crippen molar-refractivity contribution >= 4 is 16.7 Å². The van der Waals surface area contributed by atoms with Crippen molar-refractivity contribution in [3.63, 3.8) is 0 Å². The minimum absolute atomic E-state index is 0.0557. The maximum atomic E-state index is 13.8. The van der Waals surface area contributed by atoms with Crippen LogP contribution in [0.1, 0.15) is 43.4 Å². The van der Waals surface area contributed by atoms with Crippen molar-refractivity contribution in [1.82, 2.24) is 10.4 Å². The lowest BCUT2D eigenvalue weighted by Gasteiger charge is -2.30. The fourth-order valence-corrected chi connectivity index (χ4v) is 3.38. The molecule has 1 N–H and O–H groups in total. The molecule has 1 saturated heterocycles. The summed E-state index contributed by atoms with van der Waals surface area (Å²) in [5, 5.41) is 2.80. The number of benzene rings is 2. The van der Waals surface area contributed by atoms with Crippen molar-refractivity contribution in [2.24, 2.45) is 0 Å². The highest BCUT2D eigenvalue weighted by molar-refractivity contribution is 5.86. The molecule has 3 rings (SSSR count). The van der Waals surface area contributed by atoms with Crippen LogP contribution in [0.5, 0.6) is 0 Å². The zero-order valence-corrected chi connectivity index (χ0v) is 14.1. The van der Waals surface area contributed by atoms with Crippen molar-refractivity contribution in [1.29, 1.82) is 0 Å². The van der Waals surface area contributed by atoms with Crippen LogP contribution in [0.3, 0.4) is 0 Å². The van der Waals surface area contributed by atoms with E-state index in [2.05, 4.69) is 12.3 Å². The summed E-state index contributed by atoms with van der Waals surface area (Å²) in [5.74, 6) is -0.374. The lowest BCUT2D eigenvalue weighted by atomic mass is 9.94. The van der Waals surface area contributed by atoms with Gasteiger partial charge in [-0.25, -0.2) is 5.01 Å². The summed E-state index contributed by atoms with van der Waals surface area (Å²) in [7, 11) is 0. The molecule has 0 spiro atoms. The topological polar surface area (TPSA) is 32.3 Å². The van der Waals surface area contributed by atoms with Crippen LogP contribution in [-0.4, -0.2) is 23.6 Å². The Balaban J connectivity index is 2.09. The van der Waals surface area contributed by atoms with Crippen molar-refractivity contribution < 1.29 is 18.0 Å². The van der Waals surface area contributed by atoms with Crippen LogP contribution in [0.15, 0.2) is 36.4 Å². The van der Waals surface area contributed by atoms with Crippen molar-refractivity contribution in [2.45, 2.75) is 44.8 Å². The number of carbonyl (C=O) groups excluding carboxylic acids is 1. The fourth-order valence-electron chi connectivity index (χ4n) is 3.38. The SMILES string of the molecule is CCCCc1cc([C@H](N2CCC(=O)N2)C(F)(F)F)cc2ccccc12. The number of unbranched alkanes of at least 4 members (excludes halogenated alkanes) is 1. The molecule has 0 aromatic heterocycles. The number of halogens is 3. The van der Waals surface area contributed by atoms with Crippen LogP contribution in [0.25, 0.3) is 10.8 Å². The predicted molar refractivity (Wildman–Crippen MR) is 90.8 cm³/mol. The second-order valence-electron chi connectivity index (χ2n) is 6.43. The third kappa shape index (κ3) is 3.79. The summed E-state index contributed by atoms with van der Waals surface area (Å²) in [5.41, 5.74) is 3.45. The van der Waals surface area contributed by atoms with Gasteiger partial charge in [0.15, 0.2) is 0 Å². The van der Waals surface area contributed by atoms with Gasteiger partial charge in [0.25, 0.3) is 0 Å². The zero-order chi connectivity index (χ0) is 18.0.